The first-order valence-electron chi connectivity index (χ1n) is 9.84. The number of carbonyl (C=O) groups is 1. The zero-order valence-electron chi connectivity index (χ0n) is 16.5. The minimum absolute atomic E-state index is 0.150. The van der Waals surface area contributed by atoms with E-state index in [1.54, 1.807) is 6.33 Å². The number of rotatable bonds is 5. The standard InChI is InChI=1S/C22H27N5O/c1-15-16(2)21-20(24-14-25-21)10-19(15)26-22(28)23-11-18-8-9-27(13-18)12-17-6-4-3-5-7-17/h3-7,10,14,18H,8-9,11-13H2,1-2H3,(H,24,25)(H2,23,26,28). The number of H-pyrrole nitrogens is 1. The highest BCUT2D eigenvalue weighted by Crippen LogP contribution is 2.26. The Morgan fingerprint density at radius 1 is 1.25 bits per heavy atom. The lowest BCUT2D eigenvalue weighted by Crippen LogP contribution is -2.34. The number of hydrogen-bond acceptors (Lipinski definition) is 3. The fourth-order valence-corrected chi connectivity index (χ4v) is 3.94. The molecule has 0 bridgehead atoms. The number of imidazole rings is 1. The summed E-state index contributed by atoms with van der Waals surface area (Å²) in [7, 11) is 0. The summed E-state index contributed by atoms with van der Waals surface area (Å²) in [6.45, 7) is 7.82. The molecule has 3 aromatic rings. The molecule has 1 saturated heterocycles. The van der Waals surface area contributed by atoms with Crippen molar-refractivity contribution >= 4 is 22.8 Å². The largest absolute Gasteiger partial charge is 0.345 e. The molecular formula is C22H27N5O. The second kappa shape index (κ2) is 8.02. The second-order valence-corrected chi connectivity index (χ2v) is 7.68. The summed E-state index contributed by atoms with van der Waals surface area (Å²) in [6, 6.07) is 12.3. The molecule has 6 nitrogen and oxygen atoms in total. The lowest BCUT2D eigenvalue weighted by Gasteiger charge is -2.17. The molecular weight excluding hydrogens is 350 g/mol. The van der Waals surface area contributed by atoms with Crippen molar-refractivity contribution in [1.82, 2.24) is 20.2 Å². The number of nitrogens with one attached hydrogen (secondary N) is 3. The lowest BCUT2D eigenvalue weighted by atomic mass is 10.1. The first-order chi connectivity index (χ1) is 13.6. The lowest BCUT2D eigenvalue weighted by molar-refractivity contribution is 0.249. The van der Waals surface area contributed by atoms with Gasteiger partial charge in [-0.2, -0.15) is 0 Å². The van der Waals surface area contributed by atoms with Crippen LogP contribution in [0.3, 0.4) is 0 Å². The molecule has 0 saturated carbocycles. The molecule has 2 amide bonds. The fraction of sp³-hybridized carbons (Fsp3) is 0.364. The van der Waals surface area contributed by atoms with E-state index in [1.807, 2.05) is 26.0 Å². The maximum absolute atomic E-state index is 12.4. The summed E-state index contributed by atoms with van der Waals surface area (Å²) < 4.78 is 0. The van der Waals surface area contributed by atoms with Gasteiger partial charge in [-0.1, -0.05) is 30.3 Å². The predicted octanol–water partition coefficient (Wildman–Crippen LogP) is 3.82. The number of aromatic nitrogens is 2. The first-order valence-corrected chi connectivity index (χ1v) is 9.84. The van der Waals surface area contributed by atoms with Crippen LogP contribution in [0.2, 0.25) is 0 Å². The van der Waals surface area contributed by atoms with Crippen LogP contribution in [0, 0.1) is 19.8 Å². The summed E-state index contributed by atoms with van der Waals surface area (Å²) in [6.07, 6.45) is 2.80. The van der Waals surface area contributed by atoms with E-state index in [4.69, 9.17) is 0 Å². The summed E-state index contributed by atoms with van der Waals surface area (Å²) >= 11 is 0. The van der Waals surface area contributed by atoms with Crippen molar-refractivity contribution in [1.29, 1.82) is 0 Å². The Labute approximate surface area is 165 Å². The molecule has 0 spiro atoms. The topological polar surface area (TPSA) is 73.1 Å². The van der Waals surface area contributed by atoms with Crippen LogP contribution in [-0.4, -0.2) is 40.5 Å². The number of urea groups is 1. The van der Waals surface area contributed by atoms with Crippen molar-refractivity contribution in [3.63, 3.8) is 0 Å². The Hall–Kier alpha value is -2.86. The number of carbonyl (C=O) groups excluding carboxylic acids is 1. The number of aryl methyl sites for hydroxylation is 1. The van der Waals surface area contributed by atoms with Gasteiger partial charge in [0.05, 0.1) is 17.4 Å². The van der Waals surface area contributed by atoms with E-state index < -0.39 is 0 Å². The van der Waals surface area contributed by atoms with Gasteiger partial charge in [-0.15, -0.1) is 0 Å². The number of nitrogens with zero attached hydrogens (tertiary/aromatic N) is 2. The molecule has 1 unspecified atom stereocenters. The van der Waals surface area contributed by atoms with Gasteiger partial charge in [-0.25, -0.2) is 9.78 Å². The predicted molar refractivity (Wildman–Crippen MR) is 112 cm³/mol. The number of fused-ring (bicyclic) bond motifs is 1. The van der Waals surface area contributed by atoms with Gasteiger partial charge in [0.15, 0.2) is 0 Å². The first kappa shape index (κ1) is 18.5. The van der Waals surface area contributed by atoms with Gasteiger partial charge in [-0.05, 0) is 55.5 Å². The zero-order chi connectivity index (χ0) is 19.5. The van der Waals surface area contributed by atoms with Crippen molar-refractivity contribution in [2.75, 3.05) is 25.0 Å². The van der Waals surface area contributed by atoms with Crippen molar-refractivity contribution in [2.24, 2.45) is 5.92 Å². The molecule has 4 rings (SSSR count). The van der Waals surface area contributed by atoms with Crippen LogP contribution in [0.25, 0.3) is 11.0 Å². The van der Waals surface area contributed by atoms with Crippen LogP contribution in [-0.2, 0) is 6.54 Å². The fourth-order valence-electron chi connectivity index (χ4n) is 3.94. The maximum atomic E-state index is 12.4. The molecule has 1 aromatic heterocycles. The van der Waals surface area contributed by atoms with Gasteiger partial charge in [-0.3, -0.25) is 4.90 Å². The van der Waals surface area contributed by atoms with Crippen molar-refractivity contribution < 1.29 is 4.79 Å². The molecule has 2 heterocycles. The summed E-state index contributed by atoms with van der Waals surface area (Å²) in [5, 5.41) is 6.04. The van der Waals surface area contributed by atoms with Gasteiger partial charge in [0.1, 0.15) is 0 Å². The highest BCUT2D eigenvalue weighted by molar-refractivity contribution is 5.94. The molecule has 28 heavy (non-hydrogen) atoms. The van der Waals surface area contributed by atoms with Gasteiger partial charge < -0.3 is 15.6 Å². The molecule has 3 N–H and O–H groups in total. The Balaban J connectivity index is 1.29. The molecule has 0 aliphatic carbocycles. The van der Waals surface area contributed by atoms with Gasteiger partial charge in [0.25, 0.3) is 0 Å². The molecule has 1 fully saturated rings. The molecule has 146 valence electrons. The monoisotopic (exact) mass is 377 g/mol. The van der Waals surface area contributed by atoms with Crippen LogP contribution < -0.4 is 10.6 Å². The average Bonchev–Trinajstić information content (AvgIpc) is 3.34. The molecule has 0 radical (unpaired) electrons. The quantitative estimate of drug-likeness (QED) is 0.633. The third kappa shape index (κ3) is 4.02. The normalized spacial score (nSPS) is 17.1. The highest BCUT2D eigenvalue weighted by Gasteiger charge is 2.23. The van der Waals surface area contributed by atoms with E-state index in [9.17, 15) is 4.79 Å². The zero-order valence-corrected chi connectivity index (χ0v) is 16.5. The van der Waals surface area contributed by atoms with Gasteiger partial charge >= 0.3 is 6.03 Å². The number of likely N-dealkylation sites (tertiary alicyclic amines) is 1. The summed E-state index contributed by atoms with van der Waals surface area (Å²) in [4.78, 5) is 22.3. The average molecular weight is 377 g/mol. The number of aromatic amines is 1. The SMILES string of the molecule is Cc1c(NC(=O)NCC2CCN(Cc3ccccc3)C2)cc2[nH]cnc2c1C. The Morgan fingerprint density at radius 2 is 2.07 bits per heavy atom. The Bertz CT molecular complexity index is 966. The number of amides is 2. The molecule has 1 aliphatic rings. The molecule has 6 heteroatoms. The van der Waals surface area contributed by atoms with Gasteiger partial charge in [0.2, 0.25) is 0 Å². The van der Waals surface area contributed by atoms with E-state index in [0.717, 1.165) is 53.9 Å². The van der Waals surface area contributed by atoms with Crippen LogP contribution >= 0.6 is 0 Å². The van der Waals surface area contributed by atoms with Crippen LogP contribution in [0.1, 0.15) is 23.1 Å². The van der Waals surface area contributed by atoms with Crippen LogP contribution in [0.4, 0.5) is 10.5 Å². The van der Waals surface area contributed by atoms with E-state index in [-0.39, 0.29) is 6.03 Å². The Kier molecular flexibility index (Phi) is 5.30. The third-order valence-corrected chi connectivity index (χ3v) is 5.70. The number of hydrogen-bond donors (Lipinski definition) is 3. The molecule has 1 atom stereocenters. The smallest absolute Gasteiger partial charge is 0.319 e. The van der Waals surface area contributed by atoms with E-state index in [0.29, 0.717) is 12.5 Å². The summed E-state index contributed by atoms with van der Waals surface area (Å²) in [5.41, 5.74) is 6.18. The number of benzene rings is 2. The van der Waals surface area contributed by atoms with Crippen molar-refractivity contribution in [2.45, 2.75) is 26.8 Å². The van der Waals surface area contributed by atoms with Crippen LogP contribution in [0.15, 0.2) is 42.7 Å². The number of anilines is 1. The molecule has 2 aromatic carbocycles. The maximum Gasteiger partial charge on any atom is 0.319 e. The Morgan fingerprint density at radius 3 is 2.89 bits per heavy atom. The van der Waals surface area contributed by atoms with Crippen LogP contribution in [0.5, 0.6) is 0 Å². The second-order valence-electron chi connectivity index (χ2n) is 7.68. The summed E-state index contributed by atoms with van der Waals surface area (Å²) in [5.74, 6) is 0.493. The van der Waals surface area contributed by atoms with Crippen molar-refractivity contribution in [3.05, 3.63) is 59.4 Å². The van der Waals surface area contributed by atoms with Gasteiger partial charge in [0, 0.05) is 25.3 Å². The minimum atomic E-state index is -0.150. The highest BCUT2D eigenvalue weighted by atomic mass is 16.2. The van der Waals surface area contributed by atoms with E-state index in [2.05, 4.69) is 49.8 Å². The van der Waals surface area contributed by atoms with E-state index >= 15 is 0 Å². The van der Waals surface area contributed by atoms with Crippen molar-refractivity contribution in [3.8, 4) is 0 Å². The molecule has 1 aliphatic heterocycles. The third-order valence-electron chi connectivity index (χ3n) is 5.70. The minimum Gasteiger partial charge on any atom is -0.345 e. The van der Waals surface area contributed by atoms with E-state index in [1.165, 1.54) is 5.56 Å².